The quantitative estimate of drug-likeness (QED) is 0.879. The minimum absolute atomic E-state index is 0.137. The summed E-state index contributed by atoms with van der Waals surface area (Å²) >= 11 is 0. The highest BCUT2D eigenvalue weighted by Crippen LogP contribution is 2.29. The number of aromatic carboxylic acids is 1. The van der Waals surface area contributed by atoms with Crippen molar-refractivity contribution in [2.24, 2.45) is 0 Å². The van der Waals surface area contributed by atoms with Crippen molar-refractivity contribution in [2.45, 2.75) is 6.61 Å². The van der Waals surface area contributed by atoms with Crippen LogP contribution in [0.2, 0.25) is 0 Å². The van der Waals surface area contributed by atoms with Crippen molar-refractivity contribution in [1.29, 1.82) is 0 Å². The first-order valence-corrected chi connectivity index (χ1v) is 6.17. The fourth-order valence-corrected chi connectivity index (χ4v) is 1.79. The minimum atomic E-state index is -1.02. The van der Waals surface area contributed by atoms with Crippen LogP contribution < -0.4 is 14.2 Å². The monoisotopic (exact) mass is 289 g/mol. The maximum Gasteiger partial charge on any atom is 0.335 e. The van der Waals surface area contributed by atoms with Gasteiger partial charge in [0, 0.05) is 6.20 Å². The molecular weight excluding hydrogens is 274 g/mol. The van der Waals surface area contributed by atoms with E-state index in [2.05, 4.69) is 4.98 Å². The second-order valence-electron chi connectivity index (χ2n) is 4.13. The van der Waals surface area contributed by atoms with Crippen LogP contribution in [0.25, 0.3) is 0 Å². The van der Waals surface area contributed by atoms with Crippen molar-refractivity contribution in [3.63, 3.8) is 0 Å². The molecule has 1 aromatic heterocycles. The molecule has 6 heteroatoms. The molecule has 0 bridgehead atoms. The first kappa shape index (κ1) is 14.6. The van der Waals surface area contributed by atoms with Gasteiger partial charge in [0.05, 0.1) is 25.3 Å². The van der Waals surface area contributed by atoms with Crippen LogP contribution in [0.1, 0.15) is 15.9 Å². The Morgan fingerprint density at radius 3 is 2.67 bits per heavy atom. The normalized spacial score (nSPS) is 10.0. The summed E-state index contributed by atoms with van der Waals surface area (Å²) in [5, 5.41) is 8.95. The summed E-state index contributed by atoms with van der Waals surface area (Å²) in [7, 11) is 2.99. The Morgan fingerprint density at radius 1 is 1.19 bits per heavy atom. The van der Waals surface area contributed by atoms with Gasteiger partial charge in [-0.2, -0.15) is 0 Å². The van der Waals surface area contributed by atoms with Gasteiger partial charge in [-0.1, -0.05) is 0 Å². The number of ether oxygens (including phenoxy) is 3. The van der Waals surface area contributed by atoms with Crippen LogP contribution in [0.15, 0.2) is 36.5 Å². The predicted molar refractivity (Wildman–Crippen MR) is 75.1 cm³/mol. The number of carboxylic acids is 1. The van der Waals surface area contributed by atoms with Gasteiger partial charge in [0.25, 0.3) is 0 Å². The number of rotatable bonds is 6. The highest BCUT2D eigenvalue weighted by molar-refractivity contribution is 5.88. The zero-order valence-corrected chi connectivity index (χ0v) is 11.7. The lowest BCUT2D eigenvalue weighted by Gasteiger charge is -2.12. The van der Waals surface area contributed by atoms with Gasteiger partial charge in [0.1, 0.15) is 6.61 Å². The highest BCUT2D eigenvalue weighted by Gasteiger charge is 2.11. The molecule has 0 unspecified atom stereocenters. The van der Waals surface area contributed by atoms with E-state index in [1.165, 1.54) is 26.4 Å². The van der Waals surface area contributed by atoms with Crippen LogP contribution in [0.3, 0.4) is 0 Å². The molecule has 0 amide bonds. The van der Waals surface area contributed by atoms with Gasteiger partial charge in [-0.3, -0.25) is 0 Å². The second kappa shape index (κ2) is 6.60. The summed E-state index contributed by atoms with van der Waals surface area (Å²) in [5.41, 5.74) is 0.919. The third-order valence-corrected chi connectivity index (χ3v) is 2.84. The average molecular weight is 289 g/mol. The number of nitrogens with zero attached hydrogens (tertiary/aromatic N) is 1. The first-order valence-electron chi connectivity index (χ1n) is 6.17. The van der Waals surface area contributed by atoms with E-state index in [1.54, 1.807) is 18.3 Å². The molecule has 0 aliphatic rings. The van der Waals surface area contributed by atoms with E-state index >= 15 is 0 Å². The molecule has 6 nitrogen and oxygen atoms in total. The SMILES string of the molecule is COc1cc(C(=O)O)ccc1OCc1cccnc1OC. The van der Waals surface area contributed by atoms with Crippen LogP contribution >= 0.6 is 0 Å². The zero-order chi connectivity index (χ0) is 15.2. The average Bonchev–Trinajstić information content (AvgIpc) is 2.52. The Bertz CT molecular complexity index is 642. The largest absolute Gasteiger partial charge is 0.493 e. The molecule has 2 aromatic rings. The lowest BCUT2D eigenvalue weighted by molar-refractivity contribution is 0.0696. The van der Waals surface area contributed by atoms with Crippen molar-refractivity contribution in [3.05, 3.63) is 47.7 Å². The summed E-state index contributed by atoms with van der Waals surface area (Å²) in [5.74, 6) is 0.276. The van der Waals surface area contributed by atoms with E-state index in [1.807, 2.05) is 6.07 Å². The van der Waals surface area contributed by atoms with Gasteiger partial charge in [0.15, 0.2) is 11.5 Å². The summed E-state index contributed by atoms with van der Waals surface area (Å²) in [6, 6.07) is 8.06. The van der Waals surface area contributed by atoms with Gasteiger partial charge in [-0.15, -0.1) is 0 Å². The number of hydrogen-bond acceptors (Lipinski definition) is 5. The van der Waals surface area contributed by atoms with E-state index in [0.717, 1.165) is 5.56 Å². The van der Waals surface area contributed by atoms with Crippen LogP contribution in [-0.4, -0.2) is 30.3 Å². The minimum Gasteiger partial charge on any atom is -0.493 e. The smallest absolute Gasteiger partial charge is 0.335 e. The van der Waals surface area contributed by atoms with E-state index in [-0.39, 0.29) is 12.2 Å². The molecule has 1 heterocycles. The first-order chi connectivity index (χ1) is 10.2. The number of carbonyl (C=O) groups is 1. The Kier molecular flexibility index (Phi) is 4.61. The molecular formula is C15H15NO5. The fraction of sp³-hybridized carbons (Fsp3) is 0.200. The lowest BCUT2D eigenvalue weighted by Crippen LogP contribution is -2.02. The maximum absolute atomic E-state index is 10.9. The molecule has 0 radical (unpaired) electrons. The number of methoxy groups -OCH3 is 2. The third kappa shape index (κ3) is 3.42. The van der Waals surface area contributed by atoms with E-state index < -0.39 is 5.97 Å². The van der Waals surface area contributed by atoms with E-state index in [4.69, 9.17) is 19.3 Å². The number of pyridine rings is 1. The molecule has 0 aliphatic carbocycles. The van der Waals surface area contributed by atoms with Crippen molar-refractivity contribution in [3.8, 4) is 17.4 Å². The zero-order valence-electron chi connectivity index (χ0n) is 11.7. The number of carboxylic acid groups (broad SMARTS) is 1. The molecule has 0 saturated carbocycles. The van der Waals surface area contributed by atoms with Crippen molar-refractivity contribution in [1.82, 2.24) is 4.98 Å². The molecule has 2 rings (SSSR count). The summed E-state index contributed by atoms with van der Waals surface area (Å²) in [6.45, 7) is 0.236. The number of hydrogen-bond donors (Lipinski definition) is 1. The molecule has 1 aromatic carbocycles. The third-order valence-electron chi connectivity index (χ3n) is 2.84. The second-order valence-corrected chi connectivity index (χ2v) is 4.13. The topological polar surface area (TPSA) is 77.9 Å². The molecule has 21 heavy (non-hydrogen) atoms. The lowest BCUT2D eigenvalue weighted by atomic mass is 10.2. The Labute approximate surface area is 121 Å². The number of benzene rings is 1. The summed E-state index contributed by atoms with van der Waals surface area (Å²) in [4.78, 5) is 15.0. The van der Waals surface area contributed by atoms with Gasteiger partial charge < -0.3 is 19.3 Å². The van der Waals surface area contributed by atoms with Crippen LogP contribution in [0.5, 0.6) is 17.4 Å². The molecule has 0 fully saturated rings. The van der Waals surface area contributed by atoms with Gasteiger partial charge in [0.2, 0.25) is 5.88 Å². The van der Waals surface area contributed by atoms with Crippen molar-refractivity contribution in [2.75, 3.05) is 14.2 Å². The fourth-order valence-electron chi connectivity index (χ4n) is 1.79. The molecule has 0 spiro atoms. The Morgan fingerprint density at radius 2 is 2.00 bits per heavy atom. The molecule has 1 N–H and O–H groups in total. The van der Waals surface area contributed by atoms with Crippen molar-refractivity contribution < 1.29 is 24.1 Å². The van der Waals surface area contributed by atoms with Gasteiger partial charge in [-0.05, 0) is 30.3 Å². The van der Waals surface area contributed by atoms with E-state index in [0.29, 0.717) is 17.4 Å². The Balaban J connectivity index is 2.18. The van der Waals surface area contributed by atoms with E-state index in [9.17, 15) is 4.79 Å². The summed E-state index contributed by atoms with van der Waals surface area (Å²) < 4.78 is 15.9. The molecule has 0 atom stereocenters. The molecule has 0 saturated heterocycles. The van der Waals surface area contributed by atoms with Gasteiger partial charge >= 0.3 is 5.97 Å². The van der Waals surface area contributed by atoms with Crippen LogP contribution in [-0.2, 0) is 6.61 Å². The maximum atomic E-state index is 10.9. The van der Waals surface area contributed by atoms with Crippen molar-refractivity contribution >= 4 is 5.97 Å². The van der Waals surface area contributed by atoms with Crippen LogP contribution in [0, 0.1) is 0 Å². The van der Waals surface area contributed by atoms with Gasteiger partial charge in [-0.25, -0.2) is 9.78 Å². The standard InChI is InChI=1S/C15H15NO5/c1-19-13-8-10(15(17)18)5-6-12(13)21-9-11-4-3-7-16-14(11)20-2/h3-8H,9H2,1-2H3,(H,17,18). The summed E-state index contributed by atoms with van der Waals surface area (Å²) in [6.07, 6.45) is 1.63. The predicted octanol–water partition coefficient (Wildman–Crippen LogP) is 2.38. The molecule has 110 valence electrons. The Hall–Kier alpha value is -2.76. The van der Waals surface area contributed by atoms with Crippen LogP contribution in [0.4, 0.5) is 0 Å². The highest BCUT2D eigenvalue weighted by atomic mass is 16.5. The number of aromatic nitrogens is 1. The molecule has 0 aliphatic heterocycles.